The van der Waals surface area contributed by atoms with Crippen LogP contribution in [0.4, 0.5) is 0 Å². The summed E-state index contributed by atoms with van der Waals surface area (Å²) in [7, 11) is 3.20. The monoisotopic (exact) mass is 335 g/mol. The van der Waals surface area contributed by atoms with Crippen molar-refractivity contribution in [2.24, 2.45) is 0 Å². The van der Waals surface area contributed by atoms with Gasteiger partial charge in [-0.15, -0.1) is 0 Å². The van der Waals surface area contributed by atoms with E-state index in [1.807, 2.05) is 48.7 Å². The molecule has 0 aliphatic rings. The highest BCUT2D eigenvalue weighted by Crippen LogP contribution is 2.23. The summed E-state index contributed by atoms with van der Waals surface area (Å²) in [5, 5.41) is 3.43. The Hall–Kier alpha value is -3.08. The molecule has 1 N–H and O–H groups in total. The van der Waals surface area contributed by atoms with Crippen molar-refractivity contribution in [3.63, 3.8) is 0 Å². The molecule has 0 aliphatic carbocycles. The van der Waals surface area contributed by atoms with Crippen LogP contribution in [0.1, 0.15) is 15.9 Å². The Morgan fingerprint density at radius 1 is 1.04 bits per heavy atom. The van der Waals surface area contributed by atoms with Crippen molar-refractivity contribution in [3.8, 4) is 0 Å². The van der Waals surface area contributed by atoms with E-state index in [9.17, 15) is 9.59 Å². The Balaban J connectivity index is 1.96. The third-order valence-corrected chi connectivity index (χ3v) is 4.22. The molecule has 3 aromatic rings. The summed E-state index contributed by atoms with van der Waals surface area (Å²) >= 11 is 0. The number of rotatable bonds is 5. The molecule has 1 aromatic heterocycles. The van der Waals surface area contributed by atoms with Crippen LogP contribution in [0.2, 0.25) is 0 Å². The van der Waals surface area contributed by atoms with E-state index in [0.717, 1.165) is 10.9 Å². The molecule has 0 fully saturated rings. The first kappa shape index (κ1) is 16.8. The molecule has 0 saturated carbocycles. The highest BCUT2D eigenvalue weighted by atomic mass is 16.2. The Kier molecular flexibility index (Phi) is 4.84. The number of fused-ring (bicyclic) bond motifs is 1. The molecule has 2 aromatic carbocycles. The molecule has 0 aliphatic heterocycles. The second kappa shape index (κ2) is 7.21. The third kappa shape index (κ3) is 3.55. The summed E-state index contributed by atoms with van der Waals surface area (Å²) in [5.74, 6) is -0.351. The molecule has 0 bridgehead atoms. The van der Waals surface area contributed by atoms with E-state index in [-0.39, 0.29) is 18.4 Å². The lowest BCUT2D eigenvalue weighted by molar-refractivity contribution is -0.121. The molecule has 128 valence electrons. The molecule has 5 heteroatoms. The van der Waals surface area contributed by atoms with Crippen LogP contribution in [0.5, 0.6) is 0 Å². The zero-order valence-corrected chi connectivity index (χ0v) is 14.4. The lowest BCUT2D eigenvalue weighted by atomic mass is 10.1. The van der Waals surface area contributed by atoms with Gasteiger partial charge in [0.05, 0.1) is 12.1 Å². The van der Waals surface area contributed by atoms with E-state index < -0.39 is 0 Å². The van der Waals surface area contributed by atoms with Crippen molar-refractivity contribution in [1.29, 1.82) is 0 Å². The van der Waals surface area contributed by atoms with E-state index in [4.69, 9.17) is 0 Å². The van der Waals surface area contributed by atoms with Crippen LogP contribution in [0, 0.1) is 0 Å². The first-order valence-corrected chi connectivity index (χ1v) is 8.18. The maximum atomic E-state index is 12.8. The molecule has 0 saturated heterocycles. The van der Waals surface area contributed by atoms with Crippen molar-refractivity contribution in [3.05, 3.63) is 71.9 Å². The predicted molar refractivity (Wildman–Crippen MR) is 98.5 cm³/mol. The van der Waals surface area contributed by atoms with E-state index in [1.165, 1.54) is 10.5 Å². The number of nitrogens with zero attached hydrogens (tertiary/aromatic N) is 2. The molecule has 0 spiro atoms. The van der Waals surface area contributed by atoms with Gasteiger partial charge in [-0.1, -0.05) is 48.5 Å². The van der Waals surface area contributed by atoms with Gasteiger partial charge < -0.3 is 14.8 Å². The van der Waals surface area contributed by atoms with E-state index >= 15 is 0 Å². The molecular formula is C20H21N3O2. The first-order chi connectivity index (χ1) is 12.1. The van der Waals surface area contributed by atoms with E-state index in [2.05, 4.69) is 22.0 Å². The van der Waals surface area contributed by atoms with Gasteiger partial charge >= 0.3 is 0 Å². The molecule has 2 amide bonds. The number of nitrogens with one attached hydrogen (secondary N) is 1. The number of aromatic nitrogens is 1. The normalized spacial score (nSPS) is 10.6. The average Bonchev–Trinajstić information content (AvgIpc) is 3.00. The van der Waals surface area contributed by atoms with E-state index in [1.54, 1.807) is 14.1 Å². The number of benzene rings is 2. The minimum atomic E-state index is -0.191. The van der Waals surface area contributed by atoms with Crippen LogP contribution in [-0.2, 0) is 11.3 Å². The topological polar surface area (TPSA) is 54.3 Å². The fourth-order valence-electron chi connectivity index (χ4n) is 2.90. The second-order valence-electron chi connectivity index (χ2n) is 6.01. The van der Waals surface area contributed by atoms with Crippen molar-refractivity contribution in [2.45, 2.75) is 6.54 Å². The van der Waals surface area contributed by atoms with Gasteiger partial charge in [0, 0.05) is 37.7 Å². The number of para-hydroxylation sites is 1. The zero-order valence-electron chi connectivity index (χ0n) is 14.4. The van der Waals surface area contributed by atoms with Gasteiger partial charge in [0.25, 0.3) is 5.91 Å². The smallest absolute Gasteiger partial charge is 0.256 e. The van der Waals surface area contributed by atoms with Gasteiger partial charge in [-0.3, -0.25) is 9.59 Å². The summed E-state index contributed by atoms with van der Waals surface area (Å²) < 4.78 is 2.08. The van der Waals surface area contributed by atoms with Crippen LogP contribution < -0.4 is 5.32 Å². The highest BCUT2D eigenvalue weighted by Gasteiger charge is 2.19. The van der Waals surface area contributed by atoms with Crippen molar-refractivity contribution in [1.82, 2.24) is 14.8 Å². The Morgan fingerprint density at radius 2 is 1.72 bits per heavy atom. The van der Waals surface area contributed by atoms with Gasteiger partial charge in [-0.05, 0) is 11.6 Å². The quantitative estimate of drug-likeness (QED) is 0.779. The molecule has 0 atom stereocenters. The predicted octanol–water partition coefficient (Wildman–Crippen LogP) is 2.51. The summed E-state index contributed by atoms with van der Waals surface area (Å²) in [5.41, 5.74) is 2.78. The maximum absolute atomic E-state index is 12.8. The van der Waals surface area contributed by atoms with Gasteiger partial charge in [0.15, 0.2) is 0 Å². The molecule has 25 heavy (non-hydrogen) atoms. The van der Waals surface area contributed by atoms with Gasteiger partial charge in [0.1, 0.15) is 0 Å². The highest BCUT2D eigenvalue weighted by molar-refractivity contribution is 6.07. The Bertz CT molecular complexity index is 900. The van der Waals surface area contributed by atoms with Gasteiger partial charge in [-0.2, -0.15) is 0 Å². The largest absolute Gasteiger partial charge is 0.358 e. The van der Waals surface area contributed by atoms with Crippen LogP contribution in [0.25, 0.3) is 10.9 Å². The number of likely N-dealkylation sites (N-methyl/N-ethyl adjacent to an activating group) is 2. The fraction of sp³-hybridized carbons (Fsp3) is 0.200. The van der Waals surface area contributed by atoms with Gasteiger partial charge in [0.2, 0.25) is 5.91 Å². The van der Waals surface area contributed by atoms with Crippen molar-refractivity contribution >= 4 is 22.7 Å². The molecular weight excluding hydrogens is 314 g/mol. The number of amides is 2. The molecule has 3 rings (SSSR count). The number of hydrogen-bond donors (Lipinski definition) is 1. The fourth-order valence-corrected chi connectivity index (χ4v) is 2.90. The number of hydrogen-bond acceptors (Lipinski definition) is 2. The summed E-state index contributed by atoms with van der Waals surface area (Å²) in [6, 6.07) is 18.0. The van der Waals surface area contributed by atoms with E-state index in [0.29, 0.717) is 12.1 Å². The van der Waals surface area contributed by atoms with Crippen LogP contribution in [0.15, 0.2) is 60.8 Å². The molecule has 5 nitrogen and oxygen atoms in total. The van der Waals surface area contributed by atoms with Gasteiger partial charge in [-0.25, -0.2) is 0 Å². The number of carbonyl (C=O) groups excluding carboxylic acids is 2. The Labute approximate surface area is 146 Å². The Morgan fingerprint density at radius 3 is 2.44 bits per heavy atom. The summed E-state index contributed by atoms with van der Waals surface area (Å²) in [6.07, 6.45) is 1.88. The molecule has 0 radical (unpaired) electrons. The maximum Gasteiger partial charge on any atom is 0.256 e. The molecule has 0 unspecified atom stereocenters. The zero-order chi connectivity index (χ0) is 17.8. The number of carbonyl (C=O) groups is 2. The van der Waals surface area contributed by atoms with Crippen molar-refractivity contribution in [2.75, 3.05) is 20.6 Å². The SMILES string of the molecule is CNC(=O)CN(C)C(=O)c1cn(Cc2ccccc2)c2ccccc12. The van der Waals surface area contributed by atoms with Crippen LogP contribution in [-0.4, -0.2) is 41.9 Å². The summed E-state index contributed by atoms with van der Waals surface area (Å²) in [4.78, 5) is 25.8. The second-order valence-corrected chi connectivity index (χ2v) is 6.01. The minimum Gasteiger partial charge on any atom is -0.358 e. The van der Waals surface area contributed by atoms with Crippen LogP contribution >= 0.6 is 0 Å². The van der Waals surface area contributed by atoms with Crippen molar-refractivity contribution < 1.29 is 9.59 Å². The standard InChI is InChI=1S/C20H21N3O2/c1-21-19(24)14-22(2)20(25)17-13-23(12-15-8-4-3-5-9-15)18-11-7-6-10-16(17)18/h3-11,13H,12,14H2,1-2H3,(H,21,24). The summed E-state index contributed by atoms with van der Waals surface area (Å²) in [6.45, 7) is 0.724. The first-order valence-electron chi connectivity index (χ1n) is 8.18. The van der Waals surface area contributed by atoms with Crippen LogP contribution in [0.3, 0.4) is 0 Å². The minimum absolute atomic E-state index is 0.0352. The third-order valence-electron chi connectivity index (χ3n) is 4.22. The molecule has 1 heterocycles. The average molecular weight is 335 g/mol. The lowest BCUT2D eigenvalue weighted by Gasteiger charge is -2.15. The lowest BCUT2D eigenvalue weighted by Crippen LogP contribution is -2.36.